The topological polar surface area (TPSA) is 45.0 Å². The van der Waals surface area contributed by atoms with Crippen molar-refractivity contribution >= 4 is 5.69 Å². The number of aryl methyl sites for hydroxylation is 1. The lowest BCUT2D eigenvalue weighted by Crippen LogP contribution is -1.98. The van der Waals surface area contributed by atoms with Crippen molar-refractivity contribution in [1.82, 2.24) is 0 Å². The number of hydrogen-bond acceptors (Lipinski definition) is 3. The van der Waals surface area contributed by atoms with Crippen LogP contribution in [0.4, 0.5) is 5.69 Å². The van der Waals surface area contributed by atoms with Crippen molar-refractivity contribution in [3.63, 3.8) is 0 Å². The molecule has 0 aromatic heterocycles. The lowest BCUT2D eigenvalue weighted by molar-refractivity contribution is 0.304. The Kier molecular flexibility index (Phi) is 4.04. The summed E-state index contributed by atoms with van der Waals surface area (Å²) in [4.78, 5) is 0. The molecule has 2 aromatic rings. The molecule has 0 heterocycles. The minimum atomic E-state index is 0.468. The zero-order chi connectivity index (χ0) is 13.7. The van der Waals surface area contributed by atoms with Crippen LogP contribution in [0.1, 0.15) is 16.7 Å². The molecule has 0 bridgehead atoms. The molecule has 0 aliphatic heterocycles. The van der Waals surface area contributed by atoms with Gasteiger partial charge in [0.15, 0.2) is 0 Å². The van der Waals surface area contributed by atoms with Crippen LogP contribution in [-0.4, -0.2) is 7.05 Å². The number of anilines is 1. The Morgan fingerprint density at radius 3 is 2.74 bits per heavy atom. The summed E-state index contributed by atoms with van der Waals surface area (Å²) in [6.07, 6.45) is 0. The number of nitrogens with one attached hydrogen (secondary N) is 1. The summed E-state index contributed by atoms with van der Waals surface area (Å²) in [6, 6.07) is 15.6. The number of ether oxygens (including phenoxy) is 1. The van der Waals surface area contributed by atoms with Gasteiger partial charge in [-0.1, -0.05) is 12.1 Å². The van der Waals surface area contributed by atoms with E-state index in [2.05, 4.69) is 11.4 Å². The predicted octanol–water partition coefficient (Wildman–Crippen LogP) is 3.49. The van der Waals surface area contributed by atoms with Crippen LogP contribution in [0.3, 0.4) is 0 Å². The average Bonchev–Trinajstić information content (AvgIpc) is 2.46. The van der Waals surface area contributed by atoms with E-state index in [1.165, 1.54) is 0 Å². The van der Waals surface area contributed by atoms with Crippen LogP contribution in [0.5, 0.6) is 5.75 Å². The summed E-state index contributed by atoms with van der Waals surface area (Å²) < 4.78 is 5.78. The van der Waals surface area contributed by atoms with Crippen molar-refractivity contribution in [1.29, 1.82) is 5.26 Å². The second kappa shape index (κ2) is 5.92. The van der Waals surface area contributed by atoms with Gasteiger partial charge in [-0.2, -0.15) is 5.26 Å². The lowest BCUT2D eigenvalue weighted by Gasteiger charge is -2.10. The van der Waals surface area contributed by atoms with Gasteiger partial charge in [-0.25, -0.2) is 0 Å². The molecule has 19 heavy (non-hydrogen) atoms. The second-order valence-electron chi connectivity index (χ2n) is 4.33. The molecule has 3 nitrogen and oxygen atoms in total. The van der Waals surface area contributed by atoms with E-state index in [-0.39, 0.29) is 0 Å². The molecule has 0 spiro atoms. The number of nitriles is 1. The fourth-order valence-electron chi connectivity index (χ4n) is 1.86. The van der Waals surface area contributed by atoms with Crippen molar-refractivity contribution in [3.05, 3.63) is 59.2 Å². The molecule has 2 rings (SSSR count). The highest BCUT2D eigenvalue weighted by Crippen LogP contribution is 2.22. The highest BCUT2D eigenvalue weighted by molar-refractivity contribution is 5.50. The average molecular weight is 252 g/mol. The van der Waals surface area contributed by atoms with Gasteiger partial charge in [0.25, 0.3) is 0 Å². The Hall–Kier alpha value is -2.47. The summed E-state index contributed by atoms with van der Waals surface area (Å²) in [6.45, 7) is 2.48. The minimum Gasteiger partial charge on any atom is -0.489 e. The molecule has 0 saturated heterocycles. The largest absolute Gasteiger partial charge is 0.489 e. The van der Waals surface area contributed by atoms with Gasteiger partial charge in [0, 0.05) is 12.7 Å². The zero-order valence-corrected chi connectivity index (χ0v) is 11.1. The monoisotopic (exact) mass is 252 g/mol. The third kappa shape index (κ3) is 3.26. The van der Waals surface area contributed by atoms with Crippen molar-refractivity contribution in [2.45, 2.75) is 13.5 Å². The summed E-state index contributed by atoms with van der Waals surface area (Å²) in [5.41, 5.74) is 3.80. The van der Waals surface area contributed by atoms with Crippen LogP contribution in [0.2, 0.25) is 0 Å². The maximum Gasteiger partial charge on any atom is 0.122 e. The van der Waals surface area contributed by atoms with Crippen LogP contribution < -0.4 is 10.1 Å². The highest BCUT2D eigenvalue weighted by atomic mass is 16.5. The molecular formula is C16H16N2O. The summed E-state index contributed by atoms with van der Waals surface area (Å²) in [5, 5.41) is 11.9. The first kappa shape index (κ1) is 13.0. The number of nitrogens with zero attached hydrogens (tertiary/aromatic N) is 1. The second-order valence-corrected chi connectivity index (χ2v) is 4.33. The summed E-state index contributed by atoms with van der Waals surface area (Å²) in [7, 11) is 1.89. The first-order valence-electron chi connectivity index (χ1n) is 6.13. The number of rotatable bonds is 4. The predicted molar refractivity (Wildman–Crippen MR) is 76.2 cm³/mol. The van der Waals surface area contributed by atoms with E-state index in [0.29, 0.717) is 12.2 Å². The van der Waals surface area contributed by atoms with Gasteiger partial charge in [0.2, 0.25) is 0 Å². The van der Waals surface area contributed by atoms with Gasteiger partial charge in [0.05, 0.1) is 11.6 Å². The van der Waals surface area contributed by atoms with E-state index in [1.807, 2.05) is 50.4 Å². The van der Waals surface area contributed by atoms with Crippen LogP contribution in [0, 0.1) is 18.3 Å². The van der Waals surface area contributed by atoms with Gasteiger partial charge < -0.3 is 10.1 Å². The summed E-state index contributed by atoms with van der Waals surface area (Å²) in [5.74, 6) is 0.862. The Bertz CT molecular complexity index is 614. The number of hydrogen-bond donors (Lipinski definition) is 1. The molecule has 0 amide bonds. The van der Waals surface area contributed by atoms with Crippen LogP contribution in [0.15, 0.2) is 42.5 Å². The number of benzene rings is 2. The van der Waals surface area contributed by atoms with Crippen molar-refractivity contribution in [3.8, 4) is 11.8 Å². The van der Waals surface area contributed by atoms with E-state index < -0.39 is 0 Å². The highest BCUT2D eigenvalue weighted by Gasteiger charge is 2.02. The molecule has 96 valence electrons. The SMILES string of the molecule is CNc1ccc(OCc2cccc(C#N)c2)c(C)c1. The molecule has 0 fully saturated rings. The van der Waals surface area contributed by atoms with Gasteiger partial charge in [-0.05, 0) is 48.4 Å². The Labute approximate surface area is 113 Å². The van der Waals surface area contributed by atoms with Crippen molar-refractivity contribution in [2.24, 2.45) is 0 Å². The van der Waals surface area contributed by atoms with E-state index in [1.54, 1.807) is 6.07 Å². The molecular weight excluding hydrogens is 236 g/mol. The van der Waals surface area contributed by atoms with Gasteiger partial charge in [-0.15, -0.1) is 0 Å². The van der Waals surface area contributed by atoms with Gasteiger partial charge >= 0.3 is 0 Å². The van der Waals surface area contributed by atoms with Crippen LogP contribution in [-0.2, 0) is 6.61 Å². The maximum absolute atomic E-state index is 8.85. The fourth-order valence-corrected chi connectivity index (χ4v) is 1.86. The van der Waals surface area contributed by atoms with Crippen LogP contribution >= 0.6 is 0 Å². The molecule has 1 N–H and O–H groups in total. The zero-order valence-electron chi connectivity index (χ0n) is 11.1. The van der Waals surface area contributed by atoms with E-state index in [9.17, 15) is 0 Å². The minimum absolute atomic E-state index is 0.468. The molecule has 0 aliphatic rings. The maximum atomic E-state index is 8.85. The molecule has 3 heteroatoms. The molecule has 0 saturated carbocycles. The van der Waals surface area contributed by atoms with E-state index >= 15 is 0 Å². The normalized spacial score (nSPS) is 9.74. The van der Waals surface area contributed by atoms with E-state index in [0.717, 1.165) is 22.6 Å². The third-order valence-corrected chi connectivity index (χ3v) is 2.91. The van der Waals surface area contributed by atoms with Gasteiger partial charge in [0.1, 0.15) is 12.4 Å². The van der Waals surface area contributed by atoms with E-state index in [4.69, 9.17) is 10.00 Å². The molecule has 2 aromatic carbocycles. The van der Waals surface area contributed by atoms with Gasteiger partial charge in [-0.3, -0.25) is 0 Å². The van der Waals surface area contributed by atoms with Crippen molar-refractivity contribution < 1.29 is 4.74 Å². The smallest absolute Gasteiger partial charge is 0.122 e. The third-order valence-electron chi connectivity index (χ3n) is 2.91. The van der Waals surface area contributed by atoms with Crippen LogP contribution in [0.25, 0.3) is 0 Å². The first-order chi connectivity index (χ1) is 9.22. The fraction of sp³-hybridized carbons (Fsp3) is 0.188. The quantitative estimate of drug-likeness (QED) is 0.906. The Morgan fingerprint density at radius 1 is 1.21 bits per heavy atom. The molecule has 0 radical (unpaired) electrons. The van der Waals surface area contributed by atoms with Crippen molar-refractivity contribution in [2.75, 3.05) is 12.4 Å². The lowest BCUT2D eigenvalue weighted by atomic mass is 10.1. The standard InChI is InChI=1S/C16H16N2O/c1-12-8-15(18-2)6-7-16(12)19-11-14-5-3-4-13(9-14)10-17/h3-9,18H,11H2,1-2H3. The Morgan fingerprint density at radius 2 is 2.05 bits per heavy atom. The molecule has 0 unspecified atom stereocenters. The first-order valence-corrected chi connectivity index (χ1v) is 6.13. The molecule has 0 atom stereocenters. The molecule has 0 aliphatic carbocycles. The summed E-state index contributed by atoms with van der Waals surface area (Å²) >= 11 is 0. The Balaban J connectivity index is 2.08.